The lowest BCUT2D eigenvalue weighted by molar-refractivity contribution is 0.285. The molecule has 2 nitrogen and oxygen atoms in total. The summed E-state index contributed by atoms with van der Waals surface area (Å²) < 4.78 is 13.4. The van der Waals surface area contributed by atoms with Gasteiger partial charge in [0.15, 0.2) is 0 Å². The molecule has 2 N–H and O–H groups in total. The van der Waals surface area contributed by atoms with Gasteiger partial charge in [0.05, 0.1) is 5.69 Å². The Morgan fingerprint density at radius 1 is 1.54 bits per heavy atom. The molecule has 1 aromatic heterocycles. The average molecular weight is 180 g/mol. The summed E-state index contributed by atoms with van der Waals surface area (Å²) in [5.74, 6) is 0.253. The second kappa shape index (κ2) is 3.42. The predicted molar refractivity (Wildman–Crippen MR) is 49.1 cm³/mol. The molecular weight excluding hydrogens is 167 g/mol. The molecule has 0 bridgehead atoms. The summed E-state index contributed by atoms with van der Waals surface area (Å²) in [4.78, 5) is 4.20. The van der Waals surface area contributed by atoms with Crippen molar-refractivity contribution >= 4 is 0 Å². The van der Waals surface area contributed by atoms with Gasteiger partial charge in [0.1, 0.15) is 6.17 Å². The average Bonchev–Trinajstić information content (AvgIpc) is 2.19. The van der Waals surface area contributed by atoms with Gasteiger partial charge in [-0.15, -0.1) is 0 Å². The molecule has 0 aliphatic heterocycles. The minimum Gasteiger partial charge on any atom is -0.330 e. The Morgan fingerprint density at radius 3 is 3.15 bits per heavy atom. The summed E-state index contributed by atoms with van der Waals surface area (Å²) in [6.45, 7) is 0.566. The van der Waals surface area contributed by atoms with E-state index in [1.165, 1.54) is 0 Å². The van der Waals surface area contributed by atoms with Crippen molar-refractivity contribution in [3.63, 3.8) is 0 Å². The van der Waals surface area contributed by atoms with Crippen molar-refractivity contribution in [3.05, 3.63) is 29.6 Å². The molecule has 3 heteroatoms. The molecule has 0 radical (unpaired) electrons. The Hall–Kier alpha value is -0.960. The SMILES string of the molecule is NC[C@@H]1CC[C@H](F)c2cccnc21. The largest absolute Gasteiger partial charge is 0.330 e. The van der Waals surface area contributed by atoms with Crippen molar-refractivity contribution in [2.45, 2.75) is 24.9 Å². The number of rotatable bonds is 1. The van der Waals surface area contributed by atoms with E-state index in [2.05, 4.69) is 4.98 Å². The van der Waals surface area contributed by atoms with Crippen molar-refractivity contribution in [3.8, 4) is 0 Å². The smallest absolute Gasteiger partial charge is 0.127 e. The summed E-state index contributed by atoms with van der Waals surface area (Å²) in [7, 11) is 0. The molecule has 2 atom stereocenters. The zero-order valence-electron chi connectivity index (χ0n) is 7.41. The van der Waals surface area contributed by atoms with Gasteiger partial charge in [0, 0.05) is 24.2 Å². The van der Waals surface area contributed by atoms with E-state index in [0.29, 0.717) is 13.0 Å². The predicted octanol–water partition coefficient (Wildman–Crippen LogP) is 1.93. The molecule has 2 rings (SSSR count). The summed E-state index contributed by atoms with van der Waals surface area (Å²) in [5.41, 5.74) is 7.21. The molecule has 70 valence electrons. The molecule has 1 aliphatic carbocycles. The number of hydrogen-bond acceptors (Lipinski definition) is 2. The molecule has 1 aliphatic rings. The highest BCUT2D eigenvalue weighted by atomic mass is 19.1. The summed E-state index contributed by atoms with van der Waals surface area (Å²) in [6, 6.07) is 3.60. The molecule has 0 unspecified atom stereocenters. The fraction of sp³-hybridized carbons (Fsp3) is 0.500. The van der Waals surface area contributed by atoms with Crippen LogP contribution in [-0.4, -0.2) is 11.5 Å². The molecule has 0 amide bonds. The van der Waals surface area contributed by atoms with Crippen LogP contribution < -0.4 is 5.73 Å². The van der Waals surface area contributed by atoms with Gasteiger partial charge in [-0.05, 0) is 18.9 Å². The van der Waals surface area contributed by atoms with Crippen LogP contribution in [0.25, 0.3) is 0 Å². The van der Waals surface area contributed by atoms with Gasteiger partial charge in [0.2, 0.25) is 0 Å². The minimum atomic E-state index is -0.841. The lowest BCUT2D eigenvalue weighted by Crippen LogP contribution is -2.20. The Kier molecular flexibility index (Phi) is 2.27. The lowest BCUT2D eigenvalue weighted by Gasteiger charge is -2.25. The molecule has 0 spiro atoms. The summed E-state index contributed by atoms with van der Waals surface area (Å²) in [5, 5.41) is 0. The molecular formula is C10H13FN2. The fourth-order valence-corrected chi connectivity index (χ4v) is 1.91. The van der Waals surface area contributed by atoms with E-state index in [1.54, 1.807) is 12.3 Å². The third kappa shape index (κ3) is 1.44. The zero-order chi connectivity index (χ0) is 9.26. The fourth-order valence-electron chi connectivity index (χ4n) is 1.91. The van der Waals surface area contributed by atoms with Crippen molar-refractivity contribution < 1.29 is 4.39 Å². The summed E-state index contributed by atoms with van der Waals surface area (Å²) >= 11 is 0. The van der Waals surface area contributed by atoms with Crippen molar-refractivity contribution in [1.82, 2.24) is 4.98 Å². The Morgan fingerprint density at radius 2 is 2.38 bits per heavy atom. The van der Waals surface area contributed by atoms with E-state index in [-0.39, 0.29) is 5.92 Å². The van der Waals surface area contributed by atoms with Crippen LogP contribution in [0.4, 0.5) is 4.39 Å². The highest BCUT2D eigenvalue weighted by Crippen LogP contribution is 2.37. The van der Waals surface area contributed by atoms with E-state index in [0.717, 1.165) is 17.7 Å². The molecule has 1 aromatic rings. The molecule has 13 heavy (non-hydrogen) atoms. The second-order valence-corrected chi connectivity index (χ2v) is 3.46. The van der Waals surface area contributed by atoms with Gasteiger partial charge in [-0.25, -0.2) is 4.39 Å². The number of fused-ring (bicyclic) bond motifs is 1. The maximum absolute atomic E-state index is 13.4. The van der Waals surface area contributed by atoms with Crippen LogP contribution in [0.5, 0.6) is 0 Å². The van der Waals surface area contributed by atoms with E-state index in [1.807, 2.05) is 6.07 Å². The molecule has 0 aromatic carbocycles. The Labute approximate surface area is 77.0 Å². The first-order valence-corrected chi connectivity index (χ1v) is 4.62. The second-order valence-electron chi connectivity index (χ2n) is 3.46. The van der Waals surface area contributed by atoms with Crippen LogP contribution >= 0.6 is 0 Å². The Bertz CT molecular complexity index is 301. The maximum atomic E-state index is 13.4. The molecule has 0 saturated heterocycles. The molecule has 1 heterocycles. The first-order chi connectivity index (χ1) is 6.33. The third-order valence-corrected chi connectivity index (χ3v) is 2.65. The van der Waals surface area contributed by atoms with Crippen LogP contribution in [0.2, 0.25) is 0 Å². The van der Waals surface area contributed by atoms with Gasteiger partial charge >= 0.3 is 0 Å². The third-order valence-electron chi connectivity index (χ3n) is 2.65. The quantitative estimate of drug-likeness (QED) is 0.717. The number of nitrogens with two attached hydrogens (primary N) is 1. The molecule has 0 fully saturated rings. The van der Waals surface area contributed by atoms with Gasteiger partial charge in [-0.1, -0.05) is 6.07 Å². The first kappa shape index (κ1) is 8.63. The topological polar surface area (TPSA) is 38.9 Å². The monoisotopic (exact) mass is 180 g/mol. The van der Waals surface area contributed by atoms with Crippen molar-refractivity contribution in [1.29, 1.82) is 0 Å². The van der Waals surface area contributed by atoms with E-state index < -0.39 is 6.17 Å². The Balaban J connectivity index is 2.42. The first-order valence-electron chi connectivity index (χ1n) is 4.62. The number of nitrogens with zero attached hydrogens (tertiary/aromatic N) is 1. The van der Waals surface area contributed by atoms with Gasteiger partial charge in [-0.3, -0.25) is 4.98 Å². The number of alkyl halides is 1. The lowest BCUT2D eigenvalue weighted by atomic mass is 9.85. The summed E-state index contributed by atoms with van der Waals surface area (Å²) in [6.07, 6.45) is 2.27. The number of aromatic nitrogens is 1. The standard InChI is InChI=1S/C10H13FN2/c11-9-4-3-7(6-12)10-8(9)2-1-5-13-10/h1-2,5,7,9H,3-4,6,12H2/t7-,9-/m0/s1. The van der Waals surface area contributed by atoms with E-state index >= 15 is 0 Å². The van der Waals surface area contributed by atoms with Crippen LogP contribution in [0, 0.1) is 0 Å². The van der Waals surface area contributed by atoms with E-state index in [9.17, 15) is 4.39 Å². The van der Waals surface area contributed by atoms with Crippen LogP contribution in [0.3, 0.4) is 0 Å². The van der Waals surface area contributed by atoms with Gasteiger partial charge < -0.3 is 5.73 Å². The van der Waals surface area contributed by atoms with Crippen LogP contribution in [-0.2, 0) is 0 Å². The van der Waals surface area contributed by atoms with Crippen molar-refractivity contribution in [2.24, 2.45) is 5.73 Å². The van der Waals surface area contributed by atoms with Gasteiger partial charge in [-0.2, -0.15) is 0 Å². The number of halogens is 1. The van der Waals surface area contributed by atoms with Crippen LogP contribution in [0.15, 0.2) is 18.3 Å². The minimum absolute atomic E-state index is 0.253. The normalized spacial score (nSPS) is 26.9. The number of pyridine rings is 1. The number of hydrogen-bond donors (Lipinski definition) is 1. The molecule has 0 saturated carbocycles. The maximum Gasteiger partial charge on any atom is 0.127 e. The van der Waals surface area contributed by atoms with Gasteiger partial charge in [0.25, 0.3) is 0 Å². The van der Waals surface area contributed by atoms with E-state index in [4.69, 9.17) is 5.73 Å². The van der Waals surface area contributed by atoms with Crippen molar-refractivity contribution in [2.75, 3.05) is 6.54 Å². The zero-order valence-corrected chi connectivity index (χ0v) is 7.41. The highest BCUT2D eigenvalue weighted by molar-refractivity contribution is 5.28. The highest BCUT2D eigenvalue weighted by Gasteiger charge is 2.26. The van der Waals surface area contributed by atoms with Crippen LogP contribution in [0.1, 0.15) is 36.2 Å².